The summed E-state index contributed by atoms with van der Waals surface area (Å²) in [6.07, 6.45) is 0.562. The first kappa shape index (κ1) is 9.41. The molecule has 0 aliphatic heterocycles. The molecule has 0 rings (SSSR count). The van der Waals surface area contributed by atoms with Gasteiger partial charge in [-0.2, -0.15) is 5.26 Å². The summed E-state index contributed by atoms with van der Waals surface area (Å²) in [4.78, 5) is 0. The van der Waals surface area contributed by atoms with E-state index in [0.717, 1.165) is 17.6 Å². The molecule has 0 saturated heterocycles. The van der Waals surface area contributed by atoms with Crippen LogP contribution in [0.2, 0.25) is 0 Å². The van der Waals surface area contributed by atoms with Crippen molar-refractivity contribution in [1.29, 1.82) is 5.26 Å². The highest BCUT2D eigenvalue weighted by Crippen LogP contribution is 1.96. The van der Waals surface area contributed by atoms with Crippen molar-refractivity contribution in [3.8, 4) is 6.07 Å². The largest absolute Gasteiger partial charge is 0.391 e. The first-order valence-corrected chi connectivity index (χ1v) is 3.42. The molecule has 0 bridgehead atoms. The van der Waals surface area contributed by atoms with Crippen molar-refractivity contribution in [2.45, 2.75) is 6.42 Å². The quantitative estimate of drug-likeness (QED) is 0.562. The molecular weight excluding hydrogens is 128 g/mol. The van der Waals surface area contributed by atoms with Crippen molar-refractivity contribution in [2.75, 3.05) is 33.8 Å². The molecule has 0 aliphatic rings. The number of likely N-dealkylation sites (N-methyl/N-ethyl adjacent to an activating group) is 1. The molecule has 1 N–H and O–H groups in total. The Kier molecular flexibility index (Phi) is 4.01. The van der Waals surface area contributed by atoms with Crippen molar-refractivity contribution in [1.82, 2.24) is 0 Å². The summed E-state index contributed by atoms with van der Waals surface area (Å²) in [5, 5.41) is 16.9. The van der Waals surface area contributed by atoms with Crippen LogP contribution in [0.3, 0.4) is 0 Å². The van der Waals surface area contributed by atoms with E-state index in [1.165, 1.54) is 0 Å². The van der Waals surface area contributed by atoms with E-state index in [-0.39, 0.29) is 6.61 Å². The summed E-state index contributed by atoms with van der Waals surface area (Å²) in [5.74, 6) is 0. The summed E-state index contributed by atoms with van der Waals surface area (Å²) in [6.45, 7) is 1.73. The lowest BCUT2D eigenvalue weighted by molar-refractivity contribution is -0.890. The molecule has 0 aromatic rings. The van der Waals surface area contributed by atoms with Gasteiger partial charge in [-0.1, -0.05) is 0 Å². The van der Waals surface area contributed by atoms with Crippen molar-refractivity contribution >= 4 is 0 Å². The van der Waals surface area contributed by atoms with Gasteiger partial charge in [-0.3, -0.25) is 0 Å². The Balaban J connectivity index is 3.54. The maximum absolute atomic E-state index is 8.60. The van der Waals surface area contributed by atoms with Crippen LogP contribution in [-0.4, -0.2) is 43.4 Å². The third-order valence-electron chi connectivity index (χ3n) is 1.53. The van der Waals surface area contributed by atoms with Gasteiger partial charge in [-0.25, -0.2) is 0 Å². The molecular formula is C7H15N2O+. The van der Waals surface area contributed by atoms with Crippen molar-refractivity contribution < 1.29 is 9.59 Å². The number of quaternary nitrogens is 1. The fraction of sp³-hybridized carbons (Fsp3) is 0.857. The summed E-state index contributed by atoms with van der Waals surface area (Å²) in [5.41, 5.74) is 0. The van der Waals surface area contributed by atoms with E-state index >= 15 is 0 Å². The predicted octanol–water partition coefficient (Wildman–Crippen LogP) is -0.0312. The monoisotopic (exact) mass is 143 g/mol. The highest BCUT2D eigenvalue weighted by Gasteiger charge is 2.12. The maximum atomic E-state index is 8.60. The molecule has 58 valence electrons. The lowest BCUT2D eigenvalue weighted by Gasteiger charge is -2.27. The molecule has 0 fully saturated rings. The second-order valence-electron chi connectivity index (χ2n) is 3.01. The minimum atomic E-state index is 0.193. The number of hydrogen-bond donors (Lipinski definition) is 1. The van der Waals surface area contributed by atoms with Crippen molar-refractivity contribution in [2.24, 2.45) is 0 Å². The molecule has 0 spiro atoms. The van der Waals surface area contributed by atoms with E-state index in [2.05, 4.69) is 6.07 Å². The predicted molar refractivity (Wildman–Crippen MR) is 39.2 cm³/mol. The highest BCUT2D eigenvalue weighted by atomic mass is 16.3. The number of aliphatic hydroxyl groups is 1. The minimum Gasteiger partial charge on any atom is -0.391 e. The van der Waals surface area contributed by atoms with E-state index in [4.69, 9.17) is 10.4 Å². The van der Waals surface area contributed by atoms with Crippen LogP contribution in [0.1, 0.15) is 6.42 Å². The van der Waals surface area contributed by atoms with Gasteiger partial charge in [-0.05, 0) is 0 Å². The zero-order valence-electron chi connectivity index (χ0n) is 6.67. The van der Waals surface area contributed by atoms with Gasteiger partial charge in [0.1, 0.15) is 6.54 Å². The zero-order valence-corrected chi connectivity index (χ0v) is 6.67. The molecule has 3 heteroatoms. The minimum absolute atomic E-state index is 0.193. The number of aliphatic hydroxyl groups excluding tert-OH is 1. The molecule has 0 atom stereocenters. The fourth-order valence-corrected chi connectivity index (χ4v) is 0.735. The van der Waals surface area contributed by atoms with Gasteiger partial charge >= 0.3 is 0 Å². The smallest absolute Gasteiger partial charge is 0.102 e. The summed E-state index contributed by atoms with van der Waals surface area (Å²) in [6, 6.07) is 2.08. The SMILES string of the molecule is C[N+](C)(CCO)CCC#N. The molecule has 0 aromatic heterocycles. The van der Waals surface area contributed by atoms with Crippen LogP contribution in [0.4, 0.5) is 0 Å². The van der Waals surface area contributed by atoms with E-state index in [1.54, 1.807) is 0 Å². The highest BCUT2D eigenvalue weighted by molar-refractivity contribution is 4.67. The second-order valence-corrected chi connectivity index (χ2v) is 3.01. The number of rotatable bonds is 4. The van der Waals surface area contributed by atoms with Gasteiger partial charge in [0.2, 0.25) is 0 Å². The Morgan fingerprint density at radius 3 is 2.40 bits per heavy atom. The Bertz CT molecular complexity index is 126. The van der Waals surface area contributed by atoms with Crippen LogP contribution < -0.4 is 0 Å². The molecule has 3 nitrogen and oxygen atoms in total. The van der Waals surface area contributed by atoms with Gasteiger partial charge in [0.05, 0.1) is 39.7 Å². The van der Waals surface area contributed by atoms with Crippen LogP contribution >= 0.6 is 0 Å². The number of nitrogens with zero attached hydrogens (tertiary/aromatic N) is 2. The van der Waals surface area contributed by atoms with Crippen LogP contribution in [0.15, 0.2) is 0 Å². The standard InChI is InChI=1S/C7H15N2O/c1-9(2,6-7-10)5-3-4-8/h10H,3,5-7H2,1-2H3/q+1. The van der Waals surface area contributed by atoms with Crippen LogP contribution in [0.5, 0.6) is 0 Å². The Morgan fingerprint density at radius 1 is 1.40 bits per heavy atom. The van der Waals surface area contributed by atoms with Crippen LogP contribution in [0, 0.1) is 11.3 Å². The zero-order chi connectivity index (χ0) is 8.04. The third kappa shape index (κ3) is 4.30. The normalized spacial score (nSPS) is 11.0. The molecule has 0 aliphatic carbocycles. The third-order valence-corrected chi connectivity index (χ3v) is 1.53. The maximum Gasteiger partial charge on any atom is 0.102 e. The first-order valence-electron chi connectivity index (χ1n) is 3.42. The number of hydrogen-bond acceptors (Lipinski definition) is 2. The van der Waals surface area contributed by atoms with Gasteiger partial charge in [0.15, 0.2) is 0 Å². The topological polar surface area (TPSA) is 44.0 Å². The van der Waals surface area contributed by atoms with E-state index < -0.39 is 0 Å². The fourth-order valence-electron chi connectivity index (χ4n) is 0.735. The molecule has 10 heavy (non-hydrogen) atoms. The summed E-state index contributed by atoms with van der Waals surface area (Å²) in [7, 11) is 4.01. The summed E-state index contributed by atoms with van der Waals surface area (Å²) < 4.78 is 0.726. The van der Waals surface area contributed by atoms with Crippen molar-refractivity contribution in [3.05, 3.63) is 0 Å². The first-order chi connectivity index (χ1) is 4.62. The summed E-state index contributed by atoms with van der Waals surface area (Å²) >= 11 is 0. The molecule has 0 unspecified atom stereocenters. The van der Waals surface area contributed by atoms with Gasteiger partial charge in [-0.15, -0.1) is 0 Å². The van der Waals surface area contributed by atoms with Crippen molar-refractivity contribution in [3.63, 3.8) is 0 Å². The van der Waals surface area contributed by atoms with E-state index in [9.17, 15) is 0 Å². The molecule has 0 amide bonds. The average molecular weight is 143 g/mol. The van der Waals surface area contributed by atoms with E-state index in [1.807, 2.05) is 14.1 Å². The molecule has 0 radical (unpaired) electrons. The molecule has 0 saturated carbocycles. The average Bonchev–Trinajstić information content (AvgIpc) is 1.84. The Morgan fingerprint density at radius 2 is 2.00 bits per heavy atom. The Hall–Kier alpha value is -0.590. The molecule has 0 heterocycles. The van der Waals surface area contributed by atoms with E-state index in [0.29, 0.717) is 6.42 Å². The van der Waals surface area contributed by atoms with Crippen LogP contribution in [-0.2, 0) is 0 Å². The number of nitriles is 1. The molecule has 0 aromatic carbocycles. The van der Waals surface area contributed by atoms with Gasteiger partial charge in [0.25, 0.3) is 0 Å². The lowest BCUT2D eigenvalue weighted by Crippen LogP contribution is -2.42. The Labute approximate surface area is 62.1 Å². The van der Waals surface area contributed by atoms with Crippen LogP contribution in [0.25, 0.3) is 0 Å². The van der Waals surface area contributed by atoms with Gasteiger partial charge in [0, 0.05) is 0 Å². The lowest BCUT2D eigenvalue weighted by atomic mass is 10.3. The second kappa shape index (κ2) is 4.26. The van der Waals surface area contributed by atoms with Gasteiger partial charge < -0.3 is 9.59 Å².